The second-order valence-electron chi connectivity index (χ2n) is 7.94. The van der Waals surface area contributed by atoms with Crippen molar-refractivity contribution in [2.45, 2.75) is 52.6 Å². The van der Waals surface area contributed by atoms with Gasteiger partial charge < -0.3 is 14.8 Å². The molecule has 4 rings (SSSR count). The molecule has 0 bridgehead atoms. The molecule has 32 heavy (non-hydrogen) atoms. The molecule has 1 atom stereocenters. The van der Waals surface area contributed by atoms with Crippen LogP contribution in [0.1, 0.15) is 54.3 Å². The zero-order chi connectivity index (χ0) is 22.8. The van der Waals surface area contributed by atoms with Gasteiger partial charge in [0.05, 0.1) is 22.6 Å². The Kier molecular flexibility index (Phi) is 6.86. The number of esters is 1. The molecule has 1 aliphatic carbocycles. The highest BCUT2D eigenvalue weighted by Crippen LogP contribution is 2.45. The fraction of sp³-hybridized carbons (Fsp3) is 0.360. The Morgan fingerprint density at radius 1 is 1.25 bits per heavy atom. The lowest BCUT2D eigenvalue weighted by molar-refractivity contribution is -0.138. The molecule has 1 aromatic carbocycles. The molecule has 168 valence electrons. The number of rotatable bonds is 6. The van der Waals surface area contributed by atoms with Gasteiger partial charge in [-0.15, -0.1) is 11.3 Å². The highest BCUT2D eigenvalue weighted by Gasteiger charge is 2.40. The summed E-state index contributed by atoms with van der Waals surface area (Å²) in [6.07, 6.45) is 2.15. The Bertz CT molecular complexity index is 1130. The molecule has 5 nitrogen and oxygen atoms in total. The van der Waals surface area contributed by atoms with Gasteiger partial charge in [-0.25, -0.2) is 4.79 Å². The van der Waals surface area contributed by atoms with Crippen LogP contribution in [0.5, 0.6) is 5.75 Å². The van der Waals surface area contributed by atoms with Crippen LogP contribution in [0.2, 0.25) is 0 Å². The number of allylic oxidation sites excluding steroid dienone is 3. The highest BCUT2D eigenvalue weighted by molar-refractivity contribution is 9.10. The van der Waals surface area contributed by atoms with E-state index >= 15 is 0 Å². The number of dihydropyridines is 1. The van der Waals surface area contributed by atoms with Gasteiger partial charge in [0.2, 0.25) is 0 Å². The molecule has 0 spiro atoms. The van der Waals surface area contributed by atoms with E-state index in [1.54, 1.807) is 18.3 Å². The van der Waals surface area contributed by atoms with Gasteiger partial charge in [-0.05, 0) is 67.7 Å². The maximum Gasteiger partial charge on any atom is 0.336 e. The average Bonchev–Trinajstić information content (AvgIpc) is 3.12. The summed E-state index contributed by atoms with van der Waals surface area (Å²) in [5.74, 6) is 0.107. The minimum atomic E-state index is -0.404. The Morgan fingerprint density at radius 3 is 2.78 bits per heavy atom. The lowest BCUT2D eigenvalue weighted by Gasteiger charge is -2.33. The molecule has 0 radical (unpaired) electrons. The van der Waals surface area contributed by atoms with E-state index < -0.39 is 5.92 Å². The van der Waals surface area contributed by atoms with Crippen LogP contribution in [0.4, 0.5) is 0 Å². The number of ether oxygens (including phenoxy) is 2. The first kappa shape index (κ1) is 22.8. The van der Waals surface area contributed by atoms with Crippen LogP contribution in [0.25, 0.3) is 0 Å². The average molecular weight is 516 g/mol. The number of thiophene rings is 1. The van der Waals surface area contributed by atoms with Crippen molar-refractivity contribution in [3.63, 3.8) is 0 Å². The van der Waals surface area contributed by atoms with Crippen molar-refractivity contribution < 1.29 is 19.1 Å². The van der Waals surface area contributed by atoms with Crippen molar-refractivity contribution in [1.29, 1.82) is 0 Å². The number of para-hydroxylation sites is 1. The van der Waals surface area contributed by atoms with Gasteiger partial charge in [0.25, 0.3) is 0 Å². The van der Waals surface area contributed by atoms with Crippen molar-refractivity contribution in [3.8, 4) is 5.75 Å². The minimum absolute atomic E-state index is 0.107. The van der Waals surface area contributed by atoms with Gasteiger partial charge in [0.15, 0.2) is 5.78 Å². The molecule has 7 heteroatoms. The molecule has 0 fully saturated rings. The molecule has 2 heterocycles. The van der Waals surface area contributed by atoms with Crippen LogP contribution in [0.15, 0.2) is 57.3 Å². The van der Waals surface area contributed by atoms with E-state index in [0.29, 0.717) is 24.2 Å². The van der Waals surface area contributed by atoms with Gasteiger partial charge >= 0.3 is 5.97 Å². The molecule has 0 unspecified atom stereocenters. The van der Waals surface area contributed by atoms with E-state index in [1.165, 1.54) is 0 Å². The second-order valence-corrected chi connectivity index (χ2v) is 10.1. The summed E-state index contributed by atoms with van der Waals surface area (Å²) in [6.45, 7) is 6.43. The monoisotopic (exact) mass is 515 g/mol. The maximum absolute atomic E-state index is 13.0. The SMILES string of the molecule is CCOC(=O)C1=C(C)NC2=C(C(=O)CCC2)[C@H]1c1cc(COc2ccccc2Br)c(C)s1. The van der Waals surface area contributed by atoms with Gasteiger partial charge in [0.1, 0.15) is 12.4 Å². The number of ketones is 1. The van der Waals surface area contributed by atoms with Crippen LogP contribution in [0, 0.1) is 6.92 Å². The van der Waals surface area contributed by atoms with Gasteiger partial charge in [-0.3, -0.25) is 4.79 Å². The van der Waals surface area contributed by atoms with Crippen molar-refractivity contribution >= 4 is 39.0 Å². The van der Waals surface area contributed by atoms with Crippen molar-refractivity contribution in [2.75, 3.05) is 6.61 Å². The fourth-order valence-corrected chi connectivity index (χ4v) is 5.85. The normalized spacial score (nSPS) is 18.4. The lowest BCUT2D eigenvalue weighted by Crippen LogP contribution is -2.34. The molecule has 0 saturated heterocycles. The number of hydrogen-bond donors (Lipinski definition) is 1. The number of aryl methyl sites for hydroxylation is 1. The van der Waals surface area contributed by atoms with Crippen molar-refractivity contribution in [3.05, 3.63) is 72.7 Å². The number of nitrogens with one attached hydrogen (secondary N) is 1. The first-order valence-corrected chi connectivity index (χ1v) is 12.4. The Labute approximate surface area is 200 Å². The van der Waals surface area contributed by atoms with E-state index in [4.69, 9.17) is 9.47 Å². The fourth-order valence-electron chi connectivity index (χ4n) is 4.30. The summed E-state index contributed by atoms with van der Waals surface area (Å²) in [5.41, 5.74) is 3.99. The number of carbonyl (C=O) groups excluding carboxylic acids is 2. The summed E-state index contributed by atoms with van der Waals surface area (Å²) < 4.78 is 12.3. The van der Waals surface area contributed by atoms with Crippen molar-refractivity contribution in [2.24, 2.45) is 0 Å². The van der Waals surface area contributed by atoms with Crippen LogP contribution in [-0.2, 0) is 20.9 Å². The van der Waals surface area contributed by atoms with E-state index in [1.807, 2.05) is 38.1 Å². The third-order valence-electron chi connectivity index (χ3n) is 5.82. The maximum atomic E-state index is 13.0. The van der Waals surface area contributed by atoms with E-state index in [2.05, 4.69) is 27.3 Å². The summed E-state index contributed by atoms with van der Waals surface area (Å²) in [5, 5.41) is 3.32. The van der Waals surface area contributed by atoms with Gasteiger partial charge in [-0.1, -0.05) is 12.1 Å². The molecule has 0 saturated carbocycles. The van der Waals surface area contributed by atoms with Crippen molar-refractivity contribution in [1.82, 2.24) is 5.32 Å². The smallest absolute Gasteiger partial charge is 0.336 e. The lowest BCUT2D eigenvalue weighted by atomic mass is 9.78. The molecule has 0 amide bonds. The largest absolute Gasteiger partial charge is 0.488 e. The number of halogens is 1. The zero-order valence-corrected chi connectivity index (χ0v) is 20.8. The number of benzene rings is 1. The van der Waals surface area contributed by atoms with Crippen LogP contribution < -0.4 is 10.1 Å². The summed E-state index contributed by atoms with van der Waals surface area (Å²) in [6, 6.07) is 9.81. The number of Topliss-reactive ketones (excluding diaryl/α,β-unsaturated/α-hetero) is 1. The third kappa shape index (κ3) is 4.41. The first-order valence-electron chi connectivity index (χ1n) is 10.8. The summed E-state index contributed by atoms with van der Waals surface area (Å²) >= 11 is 5.13. The van der Waals surface area contributed by atoms with Crippen LogP contribution in [-0.4, -0.2) is 18.4 Å². The molecule has 1 N–H and O–H groups in total. The second kappa shape index (κ2) is 9.63. The predicted molar refractivity (Wildman–Crippen MR) is 129 cm³/mol. The molecular weight excluding hydrogens is 490 g/mol. The molecular formula is C25H26BrNO4S. The quantitative estimate of drug-likeness (QED) is 0.483. The third-order valence-corrected chi connectivity index (χ3v) is 7.63. The predicted octanol–water partition coefficient (Wildman–Crippen LogP) is 5.93. The number of hydrogen-bond acceptors (Lipinski definition) is 6. The minimum Gasteiger partial charge on any atom is -0.488 e. The standard InChI is InChI=1S/C25H26BrNO4S/c1-4-30-25(29)22-14(2)27-18-9-7-10-19(28)23(18)24(22)21-12-16(15(3)32-21)13-31-20-11-6-5-8-17(20)26/h5-6,8,11-12,24,27H,4,7,9-10,13H2,1-3H3/t24-/m0/s1. The van der Waals surface area contributed by atoms with Crippen LogP contribution in [0.3, 0.4) is 0 Å². The molecule has 2 aliphatic rings. The molecule has 1 aromatic heterocycles. The zero-order valence-electron chi connectivity index (χ0n) is 18.4. The highest BCUT2D eigenvalue weighted by atomic mass is 79.9. The Hall–Kier alpha value is -2.38. The Balaban J connectivity index is 1.71. The topological polar surface area (TPSA) is 64.6 Å². The number of carbonyl (C=O) groups is 2. The first-order chi connectivity index (χ1) is 15.4. The van der Waals surface area contributed by atoms with E-state index in [9.17, 15) is 9.59 Å². The molecule has 1 aliphatic heterocycles. The van der Waals surface area contributed by atoms with E-state index in [-0.39, 0.29) is 18.4 Å². The summed E-state index contributed by atoms with van der Waals surface area (Å²) in [4.78, 5) is 28.0. The van der Waals surface area contributed by atoms with Crippen LogP contribution >= 0.6 is 27.3 Å². The summed E-state index contributed by atoms with van der Waals surface area (Å²) in [7, 11) is 0. The molecule has 2 aromatic rings. The Morgan fingerprint density at radius 2 is 2.03 bits per heavy atom. The van der Waals surface area contributed by atoms with Gasteiger partial charge in [0, 0.05) is 38.7 Å². The van der Waals surface area contributed by atoms with E-state index in [0.717, 1.165) is 49.8 Å². The van der Waals surface area contributed by atoms with Gasteiger partial charge in [-0.2, -0.15) is 0 Å².